The summed E-state index contributed by atoms with van der Waals surface area (Å²) in [6.07, 6.45) is 3.66. The molecular formula is C18H23N5O2. The minimum absolute atomic E-state index is 0.218. The molecule has 1 saturated heterocycles. The Kier molecular flexibility index (Phi) is 5.45. The average molecular weight is 341 g/mol. The van der Waals surface area contributed by atoms with Gasteiger partial charge in [-0.2, -0.15) is 0 Å². The molecule has 1 atom stereocenters. The van der Waals surface area contributed by atoms with E-state index in [1.54, 1.807) is 12.4 Å². The van der Waals surface area contributed by atoms with Crippen LogP contribution in [0.1, 0.15) is 18.1 Å². The summed E-state index contributed by atoms with van der Waals surface area (Å²) in [6.45, 7) is 6.78. The largest absolute Gasteiger partial charge is 0.375 e. The van der Waals surface area contributed by atoms with Crippen LogP contribution in [-0.4, -0.2) is 41.8 Å². The summed E-state index contributed by atoms with van der Waals surface area (Å²) >= 11 is 0. The predicted molar refractivity (Wildman–Crippen MR) is 96.7 cm³/mol. The lowest BCUT2D eigenvalue weighted by atomic mass is 10.2. The fourth-order valence-corrected chi connectivity index (χ4v) is 2.69. The number of anilines is 2. The number of aryl methyl sites for hydroxylation is 1. The number of amides is 2. The number of morpholine rings is 1. The van der Waals surface area contributed by atoms with Gasteiger partial charge in [-0.1, -0.05) is 12.1 Å². The van der Waals surface area contributed by atoms with Crippen molar-refractivity contribution in [3.8, 4) is 0 Å². The van der Waals surface area contributed by atoms with Gasteiger partial charge in [0.25, 0.3) is 0 Å². The van der Waals surface area contributed by atoms with Crippen molar-refractivity contribution in [3.63, 3.8) is 0 Å². The van der Waals surface area contributed by atoms with Crippen LogP contribution in [0.4, 0.5) is 16.4 Å². The molecule has 25 heavy (non-hydrogen) atoms. The van der Waals surface area contributed by atoms with Crippen molar-refractivity contribution >= 4 is 17.7 Å². The van der Waals surface area contributed by atoms with Crippen LogP contribution in [0.2, 0.25) is 0 Å². The number of ether oxygens (including phenoxy) is 1. The number of pyridine rings is 2. The van der Waals surface area contributed by atoms with Crippen molar-refractivity contribution in [2.45, 2.75) is 26.5 Å². The molecule has 2 aromatic heterocycles. The Bertz CT molecular complexity index is 720. The summed E-state index contributed by atoms with van der Waals surface area (Å²) < 4.78 is 5.55. The molecule has 2 N–H and O–H groups in total. The third-order valence-electron chi connectivity index (χ3n) is 4.07. The lowest BCUT2D eigenvalue weighted by Gasteiger charge is -2.32. The summed E-state index contributed by atoms with van der Waals surface area (Å²) in [5, 5.41) is 5.56. The van der Waals surface area contributed by atoms with Gasteiger partial charge in [0.15, 0.2) is 0 Å². The third-order valence-corrected chi connectivity index (χ3v) is 4.07. The topological polar surface area (TPSA) is 79.4 Å². The molecule has 0 saturated carbocycles. The zero-order chi connectivity index (χ0) is 17.6. The average Bonchev–Trinajstić information content (AvgIpc) is 2.62. The van der Waals surface area contributed by atoms with Crippen molar-refractivity contribution in [3.05, 3.63) is 47.8 Å². The molecule has 0 aliphatic carbocycles. The Morgan fingerprint density at radius 2 is 2.24 bits per heavy atom. The summed E-state index contributed by atoms with van der Waals surface area (Å²) in [6, 6.07) is 7.41. The fraction of sp³-hybridized carbons (Fsp3) is 0.389. The van der Waals surface area contributed by atoms with Crippen molar-refractivity contribution in [1.29, 1.82) is 0 Å². The van der Waals surface area contributed by atoms with E-state index >= 15 is 0 Å². The van der Waals surface area contributed by atoms with Crippen LogP contribution in [0.3, 0.4) is 0 Å². The van der Waals surface area contributed by atoms with Gasteiger partial charge in [0, 0.05) is 32.0 Å². The first-order valence-electron chi connectivity index (χ1n) is 8.40. The molecule has 3 heterocycles. The highest BCUT2D eigenvalue weighted by atomic mass is 16.5. The van der Waals surface area contributed by atoms with Gasteiger partial charge >= 0.3 is 6.03 Å². The van der Waals surface area contributed by atoms with Crippen molar-refractivity contribution in [1.82, 2.24) is 15.3 Å². The van der Waals surface area contributed by atoms with Crippen LogP contribution in [0.25, 0.3) is 0 Å². The second kappa shape index (κ2) is 7.94. The molecule has 7 nitrogen and oxygen atoms in total. The number of rotatable bonds is 4. The van der Waals surface area contributed by atoms with Crippen molar-refractivity contribution < 1.29 is 9.53 Å². The highest BCUT2D eigenvalue weighted by Crippen LogP contribution is 2.15. The molecule has 2 amide bonds. The number of carbonyl (C=O) groups excluding carboxylic acids is 1. The van der Waals surface area contributed by atoms with Gasteiger partial charge in [-0.3, -0.25) is 5.32 Å². The molecular weight excluding hydrogens is 318 g/mol. The molecule has 0 spiro atoms. The SMILES string of the molecule is Cc1cccnc1NC(=O)NCc1ccc(N2CCO[C@@H](C)C2)nc1. The Hall–Kier alpha value is -2.67. The molecule has 0 bridgehead atoms. The standard InChI is InChI=1S/C18H23N5O2/c1-13-4-3-7-19-17(13)22-18(24)21-11-15-5-6-16(20-10-15)23-8-9-25-14(2)12-23/h3-7,10,14H,8-9,11-12H2,1-2H3,(H2,19,21,22,24)/t14-/m0/s1. The number of carbonyl (C=O) groups is 1. The molecule has 3 rings (SSSR count). The van der Waals surface area contributed by atoms with Crippen LogP contribution in [0, 0.1) is 6.92 Å². The zero-order valence-electron chi connectivity index (χ0n) is 14.5. The van der Waals surface area contributed by atoms with Crippen LogP contribution in [0.15, 0.2) is 36.7 Å². The van der Waals surface area contributed by atoms with Gasteiger partial charge in [-0.05, 0) is 37.1 Å². The Balaban J connectivity index is 1.51. The van der Waals surface area contributed by atoms with Crippen LogP contribution >= 0.6 is 0 Å². The van der Waals surface area contributed by atoms with E-state index < -0.39 is 0 Å². The number of urea groups is 1. The smallest absolute Gasteiger partial charge is 0.320 e. The quantitative estimate of drug-likeness (QED) is 0.892. The van der Waals surface area contributed by atoms with Gasteiger partial charge in [0.2, 0.25) is 0 Å². The number of aromatic nitrogens is 2. The maximum atomic E-state index is 12.0. The predicted octanol–water partition coefficient (Wildman–Crippen LogP) is 2.33. The highest BCUT2D eigenvalue weighted by molar-refractivity contribution is 5.88. The number of hydrogen-bond donors (Lipinski definition) is 2. The molecule has 0 radical (unpaired) electrons. The minimum atomic E-state index is -0.284. The summed E-state index contributed by atoms with van der Waals surface area (Å²) in [5.74, 6) is 1.50. The molecule has 1 fully saturated rings. The first kappa shape index (κ1) is 17.2. The van der Waals surface area contributed by atoms with Gasteiger partial charge in [0.05, 0.1) is 12.7 Å². The van der Waals surface area contributed by atoms with Gasteiger partial charge in [-0.15, -0.1) is 0 Å². The lowest BCUT2D eigenvalue weighted by Crippen LogP contribution is -2.41. The van der Waals surface area contributed by atoms with Crippen molar-refractivity contribution in [2.24, 2.45) is 0 Å². The summed E-state index contributed by atoms with van der Waals surface area (Å²) in [5.41, 5.74) is 1.86. The van der Waals surface area contributed by atoms with Gasteiger partial charge < -0.3 is 15.0 Å². The van der Waals surface area contributed by atoms with Crippen molar-refractivity contribution in [2.75, 3.05) is 29.9 Å². The molecule has 1 aliphatic heterocycles. The second-order valence-electron chi connectivity index (χ2n) is 6.13. The highest BCUT2D eigenvalue weighted by Gasteiger charge is 2.17. The molecule has 132 valence electrons. The summed E-state index contributed by atoms with van der Waals surface area (Å²) in [4.78, 5) is 22.8. The van der Waals surface area contributed by atoms with Crippen LogP contribution in [0.5, 0.6) is 0 Å². The third kappa shape index (κ3) is 4.67. The lowest BCUT2D eigenvalue weighted by molar-refractivity contribution is 0.0529. The van der Waals surface area contributed by atoms with Gasteiger partial charge in [-0.25, -0.2) is 14.8 Å². The second-order valence-corrected chi connectivity index (χ2v) is 6.13. The molecule has 0 unspecified atom stereocenters. The molecule has 1 aliphatic rings. The fourth-order valence-electron chi connectivity index (χ4n) is 2.69. The van der Waals surface area contributed by atoms with E-state index in [1.165, 1.54) is 0 Å². The molecule has 2 aromatic rings. The van der Waals surface area contributed by atoms with E-state index in [0.29, 0.717) is 12.4 Å². The van der Waals surface area contributed by atoms with Crippen LogP contribution in [-0.2, 0) is 11.3 Å². The van der Waals surface area contributed by atoms with E-state index in [9.17, 15) is 4.79 Å². The zero-order valence-corrected chi connectivity index (χ0v) is 14.5. The summed E-state index contributed by atoms with van der Waals surface area (Å²) in [7, 11) is 0. The molecule has 0 aromatic carbocycles. The first-order chi connectivity index (χ1) is 12.1. The Labute approximate surface area is 147 Å². The normalized spacial score (nSPS) is 17.2. The van der Waals surface area contributed by atoms with E-state index in [-0.39, 0.29) is 12.1 Å². The first-order valence-corrected chi connectivity index (χ1v) is 8.40. The van der Waals surface area contributed by atoms with E-state index in [0.717, 1.165) is 36.6 Å². The maximum Gasteiger partial charge on any atom is 0.320 e. The monoisotopic (exact) mass is 341 g/mol. The molecule has 7 heteroatoms. The Morgan fingerprint density at radius 3 is 2.96 bits per heavy atom. The van der Waals surface area contributed by atoms with E-state index in [1.807, 2.05) is 31.2 Å². The Morgan fingerprint density at radius 1 is 1.36 bits per heavy atom. The number of hydrogen-bond acceptors (Lipinski definition) is 5. The number of nitrogens with zero attached hydrogens (tertiary/aromatic N) is 3. The van der Waals surface area contributed by atoms with Gasteiger partial charge in [0.1, 0.15) is 11.6 Å². The number of nitrogens with one attached hydrogen (secondary N) is 2. The maximum absolute atomic E-state index is 12.0. The minimum Gasteiger partial charge on any atom is -0.375 e. The van der Waals surface area contributed by atoms with E-state index in [2.05, 4.69) is 32.4 Å². The van der Waals surface area contributed by atoms with E-state index in [4.69, 9.17) is 4.74 Å². The van der Waals surface area contributed by atoms with Crippen LogP contribution < -0.4 is 15.5 Å².